The van der Waals surface area contributed by atoms with Crippen LogP contribution < -0.4 is 19.7 Å². The van der Waals surface area contributed by atoms with Gasteiger partial charge in [0.2, 0.25) is 5.91 Å². The molecule has 1 aliphatic heterocycles. The van der Waals surface area contributed by atoms with Crippen LogP contribution in [0, 0.1) is 0 Å². The maximum atomic E-state index is 11.2. The molecular formula is C21H26N2O3. The first-order valence-electron chi connectivity index (χ1n) is 8.98. The van der Waals surface area contributed by atoms with Gasteiger partial charge in [0.1, 0.15) is 17.6 Å². The van der Waals surface area contributed by atoms with Gasteiger partial charge in [0.05, 0.1) is 19.7 Å². The maximum Gasteiger partial charge on any atom is 0.217 e. The molecule has 138 valence electrons. The van der Waals surface area contributed by atoms with Crippen molar-refractivity contribution in [2.45, 2.75) is 32.4 Å². The molecule has 0 aliphatic carbocycles. The molecule has 0 spiro atoms. The Morgan fingerprint density at radius 2 is 1.77 bits per heavy atom. The average molecular weight is 354 g/mol. The Morgan fingerprint density at radius 3 is 2.38 bits per heavy atom. The van der Waals surface area contributed by atoms with Crippen LogP contribution in [-0.2, 0) is 4.79 Å². The third-order valence-corrected chi connectivity index (χ3v) is 4.69. The van der Waals surface area contributed by atoms with Gasteiger partial charge in [-0.05, 0) is 48.9 Å². The predicted octanol–water partition coefficient (Wildman–Crippen LogP) is 3.55. The Balaban J connectivity index is 1.55. The molecule has 5 heteroatoms. The molecular weight excluding hydrogens is 328 g/mol. The number of methoxy groups -OCH3 is 1. The molecule has 1 N–H and O–H groups in total. The van der Waals surface area contributed by atoms with E-state index in [9.17, 15) is 4.79 Å². The molecule has 1 heterocycles. The van der Waals surface area contributed by atoms with E-state index in [0.717, 1.165) is 36.6 Å². The molecule has 2 atom stereocenters. The van der Waals surface area contributed by atoms with E-state index in [4.69, 9.17) is 9.47 Å². The van der Waals surface area contributed by atoms with E-state index < -0.39 is 0 Å². The fraction of sp³-hybridized carbons (Fsp3) is 0.381. The number of anilines is 1. The van der Waals surface area contributed by atoms with Gasteiger partial charge in [0, 0.05) is 25.6 Å². The van der Waals surface area contributed by atoms with Crippen LogP contribution in [0.3, 0.4) is 0 Å². The minimum absolute atomic E-state index is 0.00130. The zero-order chi connectivity index (χ0) is 18.5. The first kappa shape index (κ1) is 18.1. The molecule has 26 heavy (non-hydrogen) atoms. The van der Waals surface area contributed by atoms with Gasteiger partial charge in [0.25, 0.3) is 0 Å². The van der Waals surface area contributed by atoms with Crippen molar-refractivity contribution in [3.63, 3.8) is 0 Å². The third-order valence-electron chi connectivity index (χ3n) is 4.69. The van der Waals surface area contributed by atoms with Crippen molar-refractivity contribution in [1.82, 2.24) is 5.32 Å². The monoisotopic (exact) mass is 354 g/mol. The highest BCUT2D eigenvalue weighted by Gasteiger charge is 2.24. The number of benzene rings is 2. The highest BCUT2D eigenvalue weighted by atomic mass is 16.5. The topological polar surface area (TPSA) is 50.8 Å². The Kier molecular flexibility index (Phi) is 5.66. The zero-order valence-electron chi connectivity index (χ0n) is 15.6. The highest BCUT2D eigenvalue weighted by Crippen LogP contribution is 2.26. The summed E-state index contributed by atoms with van der Waals surface area (Å²) in [6, 6.07) is 16.1. The fourth-order valence-electron chi connectivity index (χ4n) is 3.27. The Bertz CT molecular complexity index is 728. The number of amides is 1. The first-order valence-corrected chi connectivity index (χ1v) is 8.98. The summed E-state index contributed by atoms with van der Waals surface area (Å²) in [6.07, 6.45) is 1.17. The summed E-state index contributed by atoms with van der Waals surface area (Å²) in [5.74, 6) is 1.71. The van der Waals surface area contributed by atoms with E-state index in [1.165, 1.54) is 12.6 Å². The SMILES string of the molecule is COc1ccc(N2CCC(Oc3ccc(C(C)NC(C)=O)cc3)C2)cc1. The zero-order valence-corrected chi connectivity index (χ0v) is 15.6. The molecule has 2 aromatic rings. The second-order valence-electron chi connectivity index (χ2n) is 6.66. The van der Waals surface area contributed by atoms with Crippen LogP contribution in [0.5, 0.6) is 11.5 Å². The molecule has 2 unspecified atom stereocenters. The lowest BCUT2D eigenvalue weighted by molar-refractivity contribution is -0.119. The van der Waals surface area contributed by atoms with Gasteiger partial charge in [-0.15, -0.1) is 0 Å². The molecule has 5 nitrogen and oxygen atoms in total. The molecule has 0 bridgehead atoms. The minimum Gasteiger partial charge on any atom is -0.497 e. The standard InChI is InChI=1S/C21H26N2O3/c1-15(22-16(2)24)17-4-8-20(9-5-17)26-21-12-13-23(14-21)18-6-10-19(25-3)11-7-18/h4-11,15,21H,12-14H2,1-3H3,(H,22,24). The summed E-state index contributed by atoms with van der Waals surface area (Å²) >= 11 is 0. The number of hydrogen-bond acceptors (Lipinski definition) is 4. The Hall–Kier alpha value is -2.69. The summed E-state index contributed by atoms with van der Waals surface area (Å²) in [5.41, 5.74) is 2.26. The van der Waals surface area contributed by atoms with Crippen molar-refractivity contribution in [3.8, 4) is 11.5 Å². The number of carbonyl (C=O) groups excluding carboxylic acids is 1. The van der Waals surface area contributed by atoms with Gasteiger partial charge in [-0.25, -0.2) is 0 Å². The number of ether oxygens (including phenoxy) is 2. The van der Waals surface area contributed by atoms with Gasteiger partial charge in [0.15, 0.2) is 0 Å². The van der Waals surface area contributed by atoms with Crippen molar-refractivity contribution in [3.05, 3.63) is 54.1 Å². The number of nitrogens with zero attached hydrogens (tertiary/aromatic N) is 1. The lowest BCUT2D eigenvalue weighted by Crippen LogP contribution is -2.24. The van der Waals surface area contributed by atoms with Crippen LogP contribution in [0.2, 0.25) is 0 Å². The average Bonchev–Trinajstić information content (AvgIpc) is 3.10. The van der Waals surface area contributed by atoms with Gasteiger partial charge >= 0.3 is 0 Å². The molecule has 1 fully saturated rings. The fourth-order valence-corrected chi connectivity index (χ4v) is 3.27. The second-order valence-corrected chi connectivity index (χ2v) is 6.66. The van der Waals surface area contributed by atoms with Gasteiger partial charge < -0.3 is 19.7 Å². The highest BCUT2D eigenvalue weighted by molar-refractivity contribution is 5.73. The van der Waals surface area contributed by atoms with Crippen LogP contribution in [0.25, 0.3) is 0 Å². The number of nitrogens with one attached hydrogen (secondary N) is 1. The molecule has 3 rings (SSSR count). The van der Waals surface area contributed by atoms with Crippen molar-refractivity contribution in [2.24, 2.45) is 0 Å². The quantitative estimate of drug-likeness (QED) is 0.862. The molecule has 0 saturated carbocycles. The molecule has 0 aromatic heterocycles. The van der Waals surface area contributed by atoms with Gasteiger partial charge in [-0.1, -0.05) is 12.1 Å². The van der Waals surface area contributed by atoms with E-state index in [2.05, 4.69) is 22.3 Å². The summed E-state index contributed by atoms with van der Waals surface area (Å²) in [6.45, 7) is 5.36. The molecule has 2 aromatic carbocycles. The van der Waals surface area contributed by atoms with Gasteiger partial charge in [-0.2, -0.15) is 0 Å². The first-order chi connectivity index (χ1) is 12.5. The minimum atomic E-state index is -0.0256. The van der Waals surface area contributed by atoms with E-state index in [1.807, 2.05) is 43.3 Å². The van der Waals surface area contributed by atoms with Crippen LogP contribution in [-0.4, -0.2) is 32.2 Å². The number of hydrogen-bond donors (Lipinski definition) is 1. The van der Waals surface area contributed by atoms with E-state index in [1.54, 1.807) is 7.11 Å². The second kappa shape index (κ2) is 8.13. The summed E-state index contributed by atoms with van der Waals surface area (Å²) in [4.78, 5) is 13.5. The van der Waals surface area contributed by atoms with E-state index in [0.29, 0.717) is 0 Å². The molecule has 1 saturated heterocycles. The van der Waals surface area contributed by atoms with Crippen LogP contribution in [0.15, 0.2) is 48.5 Å². The van der Waals surface area contributed by atoms with Crippen molar-refractivity contribution in [2.75, 3.05) is 25.1 Å². The smallest absolute Gasteiger partial charge is 0.217 e. The molecule has 1 aliphatic rings. The molecule has 0 radical (unpaired) electrons. The number of carbonyl (C=O) groups is 1. The molecule has 1 amide bonds. The van der Waals surface area contributed by atoms with Crippen molar-refractivity contribution >= 4 is 11.6 Å². The Labute approximate surface area is 154 Å². The third kappa shape index (κ3) is 4.48. The summed E-state index contributed by atoms with van der Waals surface area (Å²) in [5, 5.41) is 2.89. The van der Waals surface area contributed by atoms with Gasteiger partial charge in [-0.3, -0.25) is 4.79 Å². The lowest BCUT2D eigenvalue weighted by atomic mass is 10.1. The van der Waals surface area contributed by atoms with E-state index in [-0.39, 0.29) is 18.1 Å². The largest absolute Gasteiger partial charge is 0.497 e. The van der Waals surface area contributed by atoms with Crippen LogP contribution in [0.4, 0.5) is 5.69 Å². The van der Waals surface area contributed by atoms with Crippen molar-refractivity contribution in [1.29, 1.82) is 0 Å². The van der Waals surface area contributed by atoms with Crippen molar-refractivity contribution < 1.29 is 14.3 Å². The summed E-state index contributed by atoms with van der Waals surface area (Å²) in [7, 11) is 1.68. The van der Waals surface area contributed by atoms with E-state index >= 15 is 0 Å². The number of rotatable bonds is 6. The summed E-state index contributed by atoms with van der Waals surface area (Å²) < 4.78 is 11.3. The predicted molar refractivity (Wildman–Crippen MR) is 103 cm³/mol. The normalized spacial score (nSPS) is 17.7. The van der Waals surface area contributed by atoms with Crippen LogP contribution in [0.1, 0.15) is 31.9 Å². The Morgan fingerprint density at radius 1 is 1.12 bits per heavy atom. The maximum absolute atomic E-state index is 11.2. The van der Waals surface area contributed by atoms with Crippen LogP contribution >= 0.6 is 0 Å². The lowest BCUT2D eigenvalue weighted by Gasteiger charge is -2.19.